The van der Waals surface area contributed by atoms with Crippen LogP contribution in [0.5, 0.6) is 0 Å². The zero-order valence-corrected chi connectivity index (χ0v) is 19.7. The van der Waals surface area contributed by atoms with Crippen molar-refractivity contribution in [2.24, 2.45) is 20.5 Å². The monoisotopic (exact) mass is 464 g/mol. The molecule has 0 bridgehead atoms. The van der Waals surface area contributed by atoms with Gasteiger partial charge in [-0.2, -0.15) is 20.5 Å². The minimum atomic E-state index is -0.628. The molecule has 1 unspecified atom stereocenters. The molecule has 0 amide bonds. The summed E-state index contributed by atoms with van der Waals surface area (Å²) >= 11 is 0. The summed E-state index contributed by atoms with van der Waals surface area (Å²) in [5.74, 6) is 0. The van der Waals surface area contributed by atoms with Crippen LogP contribution in [0.1, 0.15) is 23.1 Å². The maximum absolute atomic E-state index is 5.09. The molecule has 172 valence electrons. The SMILES string of the molecule is C1=Cc2ccccc2C(N=Nc2cccc3ccccc23)(c2ccc(N=Nc3ccccc3)cc2)C1. The Hall–Kier alpha value is -4.70. The van der Waals surface area contributed by atoms with Gasteiger partial charge in [0.15, 0.2) is 0 Å². The van der Waals surface area contributed by atoms with Crippen molar-refractivity contribution in [2.75, 3.05) is 0 Å². The van der Waals surface area contributed by atoms with Crippen LogP contribution in [0.25, 0.3) is 16.8 Å². The molecule has 4 heteroatoms. The first kappa shape index (κ1) is 21.8. The molecule has 1 aliphatic rings. The van der Waals surface area contributed by atoms with E-state index in [0.29, 0.717) is 0 Å². The molecule has 0 heterocycles. The van der Waals surface area contributed by atoms with Crippen LogP contribution in [0.2, 0.25) is 0 Å². The van der Waals surface area contributed by atoms with E-state index in [2.05, 4.69) is 77.0 Å². The van der Waals surface area contributed by atoms with Gasteiger partial charge in [-0.05, 0) is 52.4 Å². The third kappa shape index (κ3) is 4.14. The third-order valence-electron chi connectivity index (χ3n) is 6.59. The Balaban J connectivity index is 1.42. The van der Waals surface area contributed by atoms with Gasteiger partial charge < -0.3 is 0 Å². The van der Waals surface area contributed by atoms with E-state index in [1.807, 2.05) is 66.7 Å². The predicted octanol–water partition coefficient (Wildman–Crippen LogP) is 9.70. The molecular weight excluding hydrogens is 440 g/mol. The minimum Gasteiger partial charge on any atom is -0.172 e. The first-order valence-corrected chi connectivity index (χ1v) is 12.1. The van der Waals surface area contributed by atoms with Crippen molar-refractivity contribution in [1.82, 2.24) is 0 Å². The lowest BCUT2D eigenvalue weighted by Crippen LogP contribution is -2.27. The molecule has 0 radical (unpaired) electrons. The van der Waals surface area contributed by atoms with Crippen LogP contribution in [-0.2, 0) is 5.54 Å². The van der Waals surface area contributed by atoms with E-state index >= 15 is 0 Å². The van der Waals surface area contributed by atoms with Gasteiger partial charge in [0.25, 0.3) is 0 Å². The van der Waals surface area contributed by atoms with E-state index in [1.165, 1.54) is 0 Å². The van der Waals surface area contributed by atoms with Crippen LogP contribution in [0.15, 0.2) is 148 Å². The van der Waals surface area contributed by atoms with Crippen LogP contribution in [-0.4, -0.2) is 0 Å². The fraction of sp³-hybridized carbons (Fsp3) is 0.0625. The van der Waals surface area contributed by atoms with Crippen molar-refractivity contribution in [3.05, 3.63) is 144 Å². The summed E-state index contributed by atoms with van der Waals surface area (Å²) < 4.78 is 0. The van der Waals surface area contributed by atoms with Crippen LogP contribution in [0.3, 0.4) is 0 Å². The molecule has 0 aromatic heterocycles. The van der Waals surface area contributed by atoms with E-state index in [0.717, 1.165) is 50.9 Å². The highest BCUT2D eigenvalue weighted by atomic mass is 15.2. The molecule has 5 aromatic carbocycles. The quantitative estimate of drug-likeness (QED) is 0.232. The van der Waals surface area contributed by atoms with Gasteiger partial charge in [-0.3, -0.25) is 0 Å². The van der Waals surface area contributed by atoms with Crippen LogP contribution in [0, 0.1) is 0 Å². The van der Waals surface area contributed by atoms with Gasteiger partial charge in [0.2, 0.25) is 0 Å². The Labute approximate surface area is 210 Å². The van der Waals surface area contributed by atoms with Gasteiger partial charge in [-0.1, -0.05) is 103 Å². The van der Waals surface area contributed by atoms with E-state index in [1.54, 1.807) is 0 Å². The van der Waals surface area contributed by atoms with E-state index in [9.17, 15) is 0 Å². The number of benzene rings is 5. The summed E-state index contributed by atoms with van der Waals surface area (Å²) in [5, 5.41) is 21.0. The molecular formula is C32H24N4. The van der Waals surface area contributed by atoms with Gasteiger partial charge in [0.1, 0.15) is 5.54 Å². The molecule has 0 N–H and O–H groups in total. The number of hydrogen-bond donors (Lipinski definition) is 0. The zero-order valence-electron chi connectivity index (χ0n) is 19.7. The Kier molecular flexibility index (Phi) is 5.76. The van der Waals surface area contributed by atoms with Crippen molar-refractivity contribution < 1.29 is 0 Å². The molecule has 1 aliphatic carbocycles. The molecule has 36 heavy (non-hydrogen) atoms. The maximum atomic E-state index is 5.09. The molecule has 1 atom stereocenters. The zero-order chi connectivity index (χ0) is 24.2. The summed E-state index contributed by atoms with van der Waals surface area (Å²) in [5.41, 5.74) is 5.24. The predicted molar refractivity (Wildman–Crippen MR) is 146 cm³/mol. The van der Waals surface area contributed by atoms with E-state index < -0.39 is 5.54 Å². The molecule has 4 nitrogen and oxygen atoms in total. The molecule has 0 fully saturated rings. The Morgan fingerprint density at radius 2 is 1.25 bits per heavy atom. The van der Waals surface area contributed by atoms with E-state index in [4.69, 9.17) is 10.2 Å². The first-order chi connectivity index (χ1) is 17.8. The standard InChI is InChI=1S/C32H24N4/c1-2-14-27(15-3-1)33-34-28-21-19-26(20-22-28)32(23-9-13-25-11-5-7-17-30(25)32)36-35-31-18-8-12-24-10-4-6-16-29(24)31/h1-22H,23H2. The van der Waals surface area contributed by atoms with Gasteiger partial charge in [0.05, 0.1) is 17.1 Å². The normalized spacial score (nSPS) is 17.1. The highest BCUT2D eigenvalue weighted by Gasteiger charge is 2.37. The molecule has 0 aliphatic heterocycles. The van der Waals surface area contributed by atoms with Crippen LogP contribution in [0.4, 0.5) is 17.1 Å². The number of nitrogens with zero attached hydrogens (tertiary/aromatic N) is 4. The highest BCUT2D eigenvalue weighted by Crippen LogP contribution is 2.44. The molecule has 5 aromatic rings. The fourth-order valence-electron chi connectivity index (χ4n) is 4.76. The number of rotatable bonds is 5. The third-order valence-corrected chi connectivity index (χ3v) is 6.59. The lowest BCUT2D eigenvalue weighted by Gasteiger charge is -2.32. The topological polar surface area (TPSA) is 49.4 Å². The summed E-state index contributed by atoms with van der Waals surface area (Å²) in [4.78, 5) is 0. The van der Waals surface area contributed by atoms with Crippen LogP contribution >= 0.6 is 0 Å². The van der Waals surface area contributed by atoms with Crippen LogP contribution < -0.4 is 0 Å². The smallest absolute Gasteiger partial charge is 0.136 e. The average molecular weight is 465 g/mol. The number of fused-ring (bicyclic) bond motifs is 2. The van der Waals surface area contributed by atoms with Crippen molar-refractivity contribution in [3.8, 4) is 0 Å². The summed E-state index contributed by atoms with van der Waals surface area (Å²) in [6, 6.07) is 40.8. The highest BCUT2D eigenvalue weighted by molar-refractivity contribution is 5.92. The summed E-state index contributed by atoms with van der Waals surface area (Å²) in [7, 11) is 0. The summed E-state index contributed by atoms with van der Waals surface area (Å²) in [6.45, 7) is 0. The largest absolute Gasteiger partial charge is 0.172 e. The molecule has 0 saturated heterocycles. The second kappa shape index (κ2) is 9.51. The lowest BCUT2D eigenvalue weighted by molar-refractivity contribution is 0.517. The second-order valence-corrected chi connectivity index (χ2v) is 8.83. The molecule has 0 saturated carbocycles. The number of azo groups is 2. The van der Waals surface area contributed by atoms with E-state index in [-0.39, 0.29) is 0 Å². The lowest BCUT2D eigenvalue weighted by atomic mass is 9.76. The Bertz CT molecular complexity index is 1600. The van der Waals surface area contributed by atoms with Gasteiger partial charge in [-0.25, -0.2) is 0 Å². The first-order valence-electron chi connectivity index (χ1n) is 12.1. The minimum absolute atomic E-state index is 0.628. The van der Waals surface area contributed by atoms with Crippen molar-refractivity contribution in [3.63, 3.8) is 0 Å². The fourth-order valence-corrected chi connectivity index (χ4v) is 4.76. The molecule has 0 spiro atoms. The van der Waals surface area contributed by atoms with Crippen molar-refractivity contribution in [1.29, 1.82) is 0 Å². The van der Waals surface area contributed by atoms with Gasteiger partial charge in [0, 0.05) is 11.8 Å². The Morgan fingerprint density at radius 3 is 2.11 bits per heavy atom. The van der Waals surface area contributed by atoms with Gasteiger partial charge in [-0.15, -0.1) is 0 Å². The molecule has 6 rings (SSSR count). The number of hydrogen-bond acceptors (Lipinski definition) is 4. The van der Waals surface area contributed by atoms with Crippen molar-refractivity contribution in [2.45, 2.75) is 12.0 Å². The Morgan fingerprint density at radius 1 is 0.556 bits per heavy atom. The second-order valence-electron chi connectivity index (χ2n) is 8.83. The average Bonchev–Trinajstić information content (AvgIpc) is 2.96. The summed E-state index contributed by atoms with van der Waals surface area (Å²) in [6.07, 6.45) is 5.08. The maximum Gasteiger partial charge on any atom is 0.136 e. The van der Waals surface area contributed by atoms with Crippen molar-refractivity contribution >= 4 is 33.9 Å². The van der Waals surface area contributed by atoms with Gasteiger partial charge >= 0.3 is 0 Å².